The first-order valence-corrected chi connectivity index (χ1v) is 6.68. The largest absolute Gasteiger partial charge is 0.473 e. The van der Waals surface area contributed by atoms with E-state index in [1.54, 1.807) is 0 Å². The fourth-order valence-electron chi connectivity index (χ4n) is 2.99. The van der Waals surface area contributed by atoms with Crippen LogP contribution in [0.4, 0.5) is 5.69 Å². The highest BCUT2D eigenvalue weighted by molar-refractivity contribution is 5.61. The van der Waals surface area contributed by atoms with Gasteiger partial charge < -0.3 is 9.64 Å². The molecule has 98 valence electrons. The van der Waals surface area contributed by atoms with Gasteiger partial charge in [-0.25, -0.2) is 0 Å². The van der Waals surface area contributed by atoms with Gasteiger partial charge in [-0.15, -0.1) is 0 Å². The van der Waals surface area contributed by atoms with Crippen LogP contribution in [-0.2, 0) is 6.54 Å². The SMILES string of the molecule is Cc1cc(C)c(N2COc3ccccc3C2)c(C)c1. The molecule has 1 heterocycles. The van der Waals surface area contributed by atoms with Crippen molar-refractivity contribution >= 4 is 5.69 Å². The fraction of sp³-hybridized carbons (Fsp3) is 0.294. The summed E-state index contributed by atoms with van der Waals surface area (Å²) in [6.07, 6.45) is 0. The summed E-state index contributed by atoms with van der Waals surface area (Å²) < 4.78 is 5.86. The van der Waals surface area contributed by atoms with Crippen molar-refractivity contribution in [3.63, 3.8) is 0 Å². The van der Waals surface area contributed by atoms with E-state index >= 15 is 0 Å². The molecule has 2 aromatic carbocycles. The van der Waals surface area contributed by atoms with Crippen molar-refractivity contribution < 1.29 is 4.74 Å². The van der Waals surface area contributed by atoms with Gasteiger partial charge in [0.2, 0.25) is 0 Å². The van der Waals surface area contributed by atoms with Gasteiger partial charge in [-0.2, -0.15) is 0 Å². The normalized spacial score (nSPS) is 13.9. The standard InChI is InChI=1S/C17H19NO/c1-12-8-13(2)17(14(3)9-12)18-10-15-6-4-5-7-16(15)19-11-18/h4-9H,10-11H2,1-3H3. The van der Waals surface area contributed by atoms with E-state index in [2.05, 4.69) is 49.9 Å². The molecule has 0 atom stereocenters. The Kier molecular flexibility index (Phi) is 2.94. The zero-order valence-electron chi connectivity index (χ0n) is 11.7. The van der Waals surface area contributed by atoms with Gasteiger partial charge in [0.25, 0.3) is 0 Å². The summed E-state index contributed by atoms with van der Waals surface area (Å²) in [6.45, 7) is 8.04. The molecule has 0 spiro atoms. The lowest BCUT2D eigenvalue weighted by molar-refractivity contribution is 0.289. The maximum atomic E-state index is 5.86. The Morgan fingerprint density at radius 2 is 1.68 bits per heavy atom. The van der Waals surface area contributed by atoms with E-state index < -0.39 is 0 Å². The van der Waals surface area contributed by atoms with Crippen LogP contribution >= 0.6 is 0 Å². The number of aryl methyl sites for hydroxylation is 3. The predicted octanol–water partition coefficient (Wildman–Crippen LogP) is 3.97. The van der Waals surface area contributed by atoms with Gasteiger partial charge in [-0.1, -0.05) is 35.9 Å². The Hall–Kier alpha value is -1.96. The van der Waals surface area contributed by atoms with Crippen LogP contribution in [0.15, 0.2) is 36.4 Å². The summed E-state index contributed by atoms with van der Waals surface area (Å²) in [7, 11) is 0. The van der Waals surface area contributed by atoms with Gasteiger partial charge in [0.15, 0.2) is 6.73 Å². The van der Waals surface area contributed by atoms with E-state index in [9.17, 15) is 0 Å². The molecule has 0 N–H and O–H groups in total. The second-order valence-electron chi connectivity index (χ2n) is 5.33. The highest BCUT2D eigenvalue weighted by Gasteiger charge is 2.19. The second kappa shape index (κ2) is 4.61. The minimum Gasteiger partial charge on any atom is -0.473 e. The van der Waals surface area contributed by atoms with Gasteiger partial charge in [0.1, 0.15) is 5.75 Å². The maximum Gasteiger partial charge on any atom is 0.161 e. The van der Waals surface area contributed by atoms with Gasteiger partial charge in [-0.05, 0) is 38.0 Å². The van der Waals surface area contributed by atoms with Crippen molar-refractivity contribution in [2.75, 3.05) is 11.6 Å². The molecule has 2 nitrogen and oxygen atoms in total. The van der Waals surface area contributed by atoms with E-state index in [1.165, 1.54) is 27.9 Å². The Balaban J connectivity index is 1.98. The van der Waals surface area contributed by atoms with Crippen molar-refractivity contribution in [2.24, 2.45) is 0 Å². The van der Waals surface area contributed by atoms with Crippen molar-refractivity contribution in [2.45, 2.75) is 27.3 Å². The van der Waals surface area contributed by atoms with Crippen LogP contribution in [0.25, 0.3) is 0 Å². The molecule has 0 aromatic heterocycles. The molecule has 2 aromatic rings. The van der Waals surface area contributed by atoms with E-state index in [4.69, 9.17) is 4.74 Å². The predicted molar refractivity (Wildman–Crippen MR) is 78.8 cm³/mol. The van der Waals surface area contributed by atoms with Gasteiger partial charge in [0, 0.05) is 17.8 Å². The molecule has 1 aliphatic heterocycles. The Bertz CT molecular complexity index is 595. The lowest BCUT2D eigenvalue weighted by atomic mass is 10.0. The minimum absolute atomic E-state index is 0.627. The maximum absolute atomic E-state index is 5.86. The Morgan fingerprint density at radius 1 is 1.00 bits per heavy atom. The van der Waals surface area contributed by atoms with E-state index in [0.717, 1.165) is 12.3 Å². The number of anilines is 1. The smallest absolute Gasteiger partial charge is 0.161 e. The van der Waals surface area contributed by atoms with Crippen LogP contribution in [0.2, 0.25) is 0 Å². The number of nitrogens with zero attached hydrogens (tertiary/aromatic N) is 1. The van der Waals surface area contributed by atoms with Gasteiger partial charge in [-0.3, -0.25) is 0 Å². The lowest BCUT2D eigenvalue weighted by Gasteiger charge is -2.33. The average Bonchev–Trinajstić information content (AvgIpc) is 2.37. The number of hydrogen-bond donors (Lipinski definition) is 0. The molecule has 0 aliphatic carbocycles. The third-order valence-electron chi connectivity index (χ3n) is 3.66. The van der Waals surface area contributed by atoms with Crippen molar-refractivity contribution in [3.05, 3.63) is 58.7 Å². The molecule has 2 heteroatoms. The number of para-hydroxylation sites is 1. The summed E-state index contributed by atoms with van der Waals surface area (Å²) in [4.78, 5) is 2.31. The second-order valence-corrected chi connectivity index (χ2v) is 5.33. The quantitative estimate of drug-likeness (QED) is 0.762. The van der Waals surface area contributed by atoms with Crippen molar-refractivity contribution in [3.8, 4) is 5.75 Å². The van der Waals surface area contributed by atoms with Crippen molar-refractivity contribution in [1.29, 1.82) is 0 Å². The molecular formula is C17H19NO. The number of fused-ring (bicyclic) bond motifs is 1. The zero-order chi connectivity index (χ0) is 13.4. The molecule has 3 rings (SSSR count). The van der Waals surface area contributed by atoms with Crippen LogP contribution < -0.4 is 9.64 Å². The molecule has 0 bridgehead atoms. The zero-order valence-corrected chi connectivity index (χ0v) is 11.7. The molecule has 0 radical (unpaired) electrons. The van der Waals surface area contributed by atoms with Crippen LogP contribution in [0.3, 0.4) is 0 Å². The molecule has 0 saturated carbocycles. The van der Waals surface area contributed by atoms with E-state index in [-0.39, 0.29) is 0 Å². The minimum atomic E-state index is 0.627. The van der Waals surface area contributed by atoms with Gasteiger partial charge >= 0.3 is 0 Å². The van der Waals surface area contributed by atoms with Crippen LogP contribution in [0, 0.1) is 20.8 Å². The van der Waals surface area contributed by atoms with E-state index in [0.29, 0.717) is 6.73 Å². The van der Waals surface area contributed by atoms with Crippen LogP contribution in [-0.4, -0.2) is 6.73 Å². The van der Waals surface area contributed by atoms with E-state index in [1.807, 2.05) is 12.1 Å². The molecule has 1 aliphatic rings. The first-order chi connectivity index (χ1) is 9.15. The summed E-state index contributed by atoms with van der Waals surface area (Å²) in [5.74, 6) is 1.01. The summed E-state index contributed by atoms with van der Waals surface area (Å²) in [5.41, 5.74) is 6.52. The monoisotopic (exact) mass is 253 g/mol. The third-order valence-corrected chi connectivity index (χ3v) is 3.66. The topological polar surface area (TPSA) is 12.5 Å². The van der Waals surface area contributed by atoms with Gasteiger partial charge in [0.05, 0.1) is 0 Å². The first-order valence-electron chi connectivity index (χ1n) is 6.68. The highest BCUT2D eigenvalue weighted by Crippen LogP contribution is 2.32. The Morgan fingerprint density at radius 3 is 2.42 bits per heavy atom. The Labute approximate surface area is 114 Å². The average molecular weight is 253 g/mol. The lowest BCUT2D eigenvalue weighted by Crippen LogP contribution is -2.32. The van der Waals surface area contributed by atoms with Crippen LogP contribution in [0.5, 0.6) is 5.75 Å². The molecule has 0 amide bonds. The molecule has 0 saturated heterocycles. The highest BCUT2D eigenvalue weighted by atomic mass is 16.5. The number of benzene rings is 2. The molecule has 0 unspecified atom stereocenters. The number of rotatable bonds is 1. The third kappa shape index (κ3) is 2.19. The summed E-state index contributed by atoms with van der Waals surface area (Å²) >= 11 is 0. The van der Waals surface area contributed by atoms with Crippen LogP contribution in [0.1, 0.15) is 22.3 Å². The molecule has 19 heavy (non-hydrogen) atoms. The number of hydrogen-bond acceptors (Lipinski definition) is 2. The van der Waals surface area contributed by atoms with Crippen molar-refractivity contribution in [1.82, 2.24) is 0 Å². The number of ether oxygens (including phenoxy) is 1. The molecule has 0 fully saturated rings. The molecular weight excluding hydrogens is 234 g/mol. The fourth-order valence-corrected chi connectivity index (χ4v) is 2.99. The summed E-state index contributed by atoms with van der Waals surface area (Å²) in [5, 5.41) is 0. The summed E-state index contributed by atoms with van der Waals surface area (Å²) in [6, 6.07) is 12.8. The first kappa shape index (κ1) is 12.1.